The van der Waals surface area contributed by atoms with Crippen molar-refractivity contribution in [3.05, 3.63) is 89.5 Å². The first kappa shape index (κ1) is 23.8. The minimum absolute atomic E-state index is 0.0354. The number of alkyl halides is 3. The van der Waals surface area contributed by atoms with Gasteiger partial charge in [0.1, 0.15) is 5.75 Å². The summed E-state index contributed by atoms with van der Waals surface area (Å²) in [6, 6.07) is 17.3. The number of hydrogen-bond acceptors (Lipinski definition) is 3. The van der Waals surface area contributed by atoms with Gasteiger partial charge < -0.3 is 15.4 Å². The molecule has 0 aliphatic heterocycles. The molecule has 0 bridgehead atoms. The minimum atomic E-state index is -4.50. The normalized spacial score (nSPS) is 11.0. The van der Waals surface area contributed by atoms with Crippen LogP contribution in [0.4, 0.5) is 24.5 Å². The third-order valence-corrected chi connectivity index (χ3v) is 4.72. The Bertz CT molecular complexity index is 1110. The van der Waals surface area contributed by atoms with E-state index in [4.69, 9.17) is 4.74 Å². The van der Waals surface area contributed by atoms with E-state index in [1.807, 2.05) is 0 Å². The molecule has 3 rings (SSSR count). The van der Waals surface area contributed by atoms with Crippen LogP contribution in [-0.2, 0) is 6.18 Å². The zero-order valence-corrected chi connectivity index (χ0v) is 17.9. The second kappa shape index (κ2) is 10.7. The lowest BCUT2D eigenvalue weighted by Crippen LogP contribution is -2.14. The highest BCUT2D eigenvalue weighted by Crippen LogP contribution is 2.30. The van der Waals surface area contributed by atoms with Gasteiger partial charge in [0.15, 0.2) is 0 Å². The van der Waals surface area contributed by atoms with E-state index in [1.54, 1.807) is 36.4 Å². The molecule has 172 valence electrons. The van der Waals surface area contributed by atoms with Gasteiger partial charge in [0.05, 0.1) is 12.2 Å². The summed E-state index contributed by atoms with van der Waals surface area (Å²) in [5.74, 6) is -0.293. The van der Waals surface area contributed by atoms with Crippen LogP contribution in [0.25, 0.3) is 0 Å². The van der Waals surface area contributed by atoms with E-state index in [2.05, 4.69) is 17.6 Å². The van der Waals surface area contributed by atoms with Crippen LogP contribution in [0.15, 0.2) is 72.8 Å². The van der Waals surface area contributed by atoms with E-state index in [1.165, 1.54) is 24.3 Å². The number of carbonyl (C=O) groups excluding carboxylic acids is 2. The first-order valence-corrected chi connectivity index (χ1v) is 10.4. The fraction of sp³-hybridized carbons (Fsp3) is 0.200. The first-order valence-electron chi connectivity index (χ1n) is 10.4. The van der Waals surface area contributed by atoms with E-state index in [9.17, 15) is 22.8 Å². The number of nitrogens with one attached hydrogen (secondary N) is 2. The number of amides is 2. The Labute approximate surface area is 189 Å². The van der Waals surface area contributed by atoms with Crippen molar-refractivity contribution in [3.63, 3.8) is 0 Å². The molecule has 5 nitrogen and oxygen atoms in total. The van der Waals surface area contributed by atoms with Crippen LogP contribution in [0.3, 0.4) is 0 Å². The summed E-state index contributed by atoms with van der Waals surface area (Å²) in [6.45, 7) is 2.64. The van der Waals surface area contributed by atoms with Gasteiger partial charge in [0.25, 0.3) is 11.8 Å². The molecule has 0 unspecified atom stereocenters. The average Bonchev–Trinajstić information content (AvgIpc) is 2.79. The summed E-state index contributed by atoms with van der Waals surface area (Å²) in [5.41, 5.74) is 0.312. The van der Waals surface area contributed by atoms with Crippen molar-refractivity contribution in [2.75, 3.05) is 17.2 Å². The van der Waals surface area contributed by atoms with Gasteiger partial charge in [0.2, 0.25) is 0 Å². The number of hydrogen-bond donors (Lipinski definition) is 2. The highest BCUT2D eigenvalue weighted by molar-refractivity contribution is 6.06. The molecule has 0 aliphatic rings. The standard InChI is InChI=1S/C25H23F3N2O3/c1-2-3-14-33-22-9-4-6-18(15-22)24(32)29-20-12-10-17(11-13-20)23(31)30-21-8-5-7-19(16-21)25(26,27)28/h4-13,15-16H,2-3,14H2,1H3,(H,29,32)(H,30,31). The minimum Gasteiger partial charge on any atom is -0.494 e. The summed E-state index contributed by atoms with van der Waals surface area (Å²) >= 11 is 0. The van der Waals surface area contributed by atoms with E-state index >= 15 is 0 Å². The topological polar surface area (TPSA) is 67.4 Å². The van der Waals surface area contributed by atoms with Gasteiger partial charge in [-0.1, -0.05) is 25.5 Å². The Balaban J connectivity index is 1.62. The summed E-state index contributed by atoms with van der Waals surface area (Å²) in [7, 11) is 0. The summed E-state index contributed by atoms with van der Waals surface area (Å²) < 4.78 is 44.1. The smallest absolute Gasteiger partial charge is 0.416 e. The molecule has 0 fully saturated rings. The molecule has 0 radical (unpaired) electrons. The molecule has 0 saturated carbocycles. The molecule has 0 saturated heterocycles. The predicted octanol–water partition coefficient (Wildman–Crippen LogP) is 6.39. The van der Waals surface area contributed by atoms with E-state index in [0.717, 1.165) is 25.0 Å². The highest BCUT2D eigenvalue weighted by Gasteiger charge is 2.30. The van der Waals surface area contributed by atoms with Crippen LogP contribution >= 0.6 is 0 Å². The molecule has 0 spiro atoms. The highest BCUT2D eigenvalue weighted by atomic mass is 19.4. The van der Waals surface area contributed by atoms with Gasteiger partial charge in [-0.15, -0.1) is 0 Å². The SMILES string of the molecule is CCCCOc1cccc(C(=O)Nc2ccc(C(=O)Nc3cccc(C(F)(F)F)c3)cc2)c1. The quantitative estimate of drug-likeness (QED) is 0.386. The maximum absolute atomic E-state index is 12.8. The molecule has 3 aromatic rings. The van der Waals surface area contributed by atoms with Crippen LogP contribution in [-0.4, -0.2) is 18.4 Å². The van der Waals surface area contributed by atoms with Crippen molar-refractivity contribution >= 4 is 23.2 Å². The molecule has 3 aromatic carbocycles. The van der Waals surface area contributed by atoms with E-state index in [-0.39, 0.29) is 17.2 Å². The van der Waals surface area contributed by atoms with Crippen LogP contribution < -0.4 is 15.4 Å². The van der Waals surface area contributed by atoms with Crippen molar-refractivity contribution in [1.82, 2.24) is 0 Å². The number of benzene rings is 3. The number of unbranched alkanes of at least 4 members (excludes halogenated alkanes) is 1. The van der Waals surface area contributed by atoms with Crippen LogP contribution in [0.5, 0.6) is 5.75 Å². The molecule has 2 amide bonds. The molecular formula is C25H23F3N2O3. The Morgan fingerprint density at radius 2 is 1.48 bits per heavy atom. The van der Waals surface area contributed by atoms with Gasteiger partial charge in [-0.25, -0.2) is 0 Å². The lowest BCUT2D eigenvalue weighted by molar-refractivity contribution is -0.137. The fourth-order valence-corrected chi connectivity index (χ4v) is 2.95. The van der Waals surface area contributed by atoms with Gasteiger partial charge in [-0.2, -0.15) is 13.2 Å². The lowest BCUT2D eigenvalue weighted by Gasteiger charge is -2.11. The number of ether oxygens (including phenoxy) is 1. The fourth-order valence-electron chi connectivity index (χ4n) is 2.95. The summed E-state index contributed by atoms with van der Waals surface area (Å²) in [5, 5.41) is 5.19. The van der Waals surface area contributed by atoms with Crippen molar-refractivity contribution in [2.24, 2.45) is 0 Å². The monoisotopic (exact) mass is 456 g/mol. The maximum atomic E-state index is 12.8. The zero-order chi connectivity index (χ0) is 23.8. The van der Waals surface area contributed by atoms with Gasteiger partial charge in [0, 0.05) is 22.5 Å². The molecule has 0 aromatic heterocycles. The Morgan fingerprint density at radius 3 is 2.18 bits per heavy atom. The molecule has 2 N–H and O–H groups in total. The molecule has 33 heavy (non-hydrogen) atoms. The summed E-state index contributed by atoms with van der Waals surface area (Å²) in [4.78, 5) is 24.9. The number of anilines is 2. The van der Waals surface area contributed by atoms with Crippen molar-refractivity contribution in [1.29, 1.82) is 0 Å². The maximum Gasteiger partial charge on any atom is 0.416 e. The van der Waals surface area contributed by atoms with Gasteiger partial charge in [-0.05, 0) is 67.1 Å². The average molecular weight is 456 g/mol. The van der Waals surface area contributed by atoms with Crippen molar-refractivity contribution < 1.29 is 27.5 Å². The second-order valence-electron chi connectivity index (χ2n) is 7.29. The largest absolute Gasteiger partial charge is 0.494 e. The van der Waals surface area contributed by atoms with E-state index < -0.39 is 17.6 Å². The zero-order valence-electron chi connectivity index (χ0n) is 17.9. The third-order valence-electron chi connectivity index (χ3n) is 4.72. The predicted molar refractivity (Wildman–Crippen MR) is 121 cm³/mol. The van der Waals surface area contributed by atoms with Gasteiger partial charge in [-0.3, -0.25) is 9.59 Å². The Kier molecular flexibility index (Phi) is 7.71. The number of halogens is 3. The molecule has 0 heterocycles. The molecular weight excluding hydrogens is 433 g/mol. The number of rotatable bonds is 8. The Hall–Kier alpha value is -3.81. The molecule has 0 atom stereocenters. The van der Waals surface area contributed by atoms with E-state index in [0.29, 0.717) is 23.6 Å². The number of carbonyl (C=O) groups is 2. The van der Waals surface area contributed by atoms with Crippen molar-refractivity contribution in [2.45, 2.75) is 25.9 Å². The summed E-state index contributed by atoms with van der Waals surface area (Å²) in [6.07, 6.45) is -2.57. The van der Waals surface area contributed by atoms with Crippen LogP contribution in [0, 0.1) is 0 Å². The van der Waals surface area contributed by atoms with Crippen LogP contribution in [0.2, 0.25) is 0 Å². The second-order valence-corrected chi connectivity index (χ2v) is 7.29. The molecule has 8 heteroatoms. The van der Waals surface area contributed by atoms with Crippen LogP contribution in [0.1, 0.15) is 46.0 Å². The lowest BCUT2D eigenvalue weighted by atomic mass is 10.1. The third kappa shape index (κ3) is 6.83. The first-order chi connectivity index (χ1) is 15.8. The van der Waals surface area contributed by atoms with Gasteiger partial charge >= 0.3 is 6.18 Å². The Morgan fingerprint density at radius 1 is 0.818 bits per heavy atom. The molecule has 0 aliphatic carbocycles. The van der Waals surface area contributed by atoms with Crippen molar-refractivity contribution in [3.8, 4) is 5.75 Å².